The number of unbranched alkanes of at least 4 members (excludes halogenated alkanes) is 28. The highest BCUT2D eigenvalue weighted by Crippen LogP contribution is 2.16. The highest BCUT2D eigenvalue weighted by Gasteiger charge is 2.19. The zero-order chi connectivity index (χ0) is 40.5. The van der Waals surface area contributed by atoms with E-state index in [-0.39, 0.29) is 24.1 Å². The Kier molecular flexibility index (Phi) is 41.6. The van der Waals surface area contributed by atoms with E-state index < -0.39 is 0 Å². The molecule has 0 spiro atoms. The van der Waals surface area contributed by atoms with Crippen LogP contribution < -0.4 is 0 Å². The Morgan fingerprint density at radius 3 is 0.891 bits per heavy atom. The second-order valence-electron chi connectivity index (χ2n) is 17.1. The van der Waals surface area contributed by atoms with Crippen LogP contribution in [0.1, 0.15) is 253 Å². The third kappa shape index (κ3) is 39.5. The first-order valence-corrected chi connectivity index (χ1v) is 24.7. The van der Waals surface area contributed by atoms with Gasteiger partial charge in [-0.25, -0.2) is 0 Å². The van der Waals surface area contributed by atoms with E-state index in [1.54, 1.807) is 0 Å². The van der Waals surface area contributed by atoms with Crippen molar-refractivity contribution in [3.8, 4) is 0 Å². The van der Waals surface area contributed by atoms with Crippen LogP contribution in [0.15, 0.2) is 0 Å². The average molecular weight is 779 g/mol. The molecule has 6 heteroatoms. The molecule has 0 aromatic heterocycles. The zero-order valence-corrected chi connectivity index (χ0v) is 38.3. The van der Waals surface area contributed by atoms with Crippen LogP contribution in [0.2, 0.25) is 0 Å². The molecule has 0 amide bonds. The SMILES string of the molecule is CCCCCCCCCCCCCCCCCC(=O)OC(C)CN(CCCN(CC)CC)CC(C)OC(=O)CCCCCCCCCCCCCCCCC. The minimum absolute atomic E-state index is 0.0757. The highest BCUT2D eigenvalue weighted by molar-refractivity contribution is 5.69. The largest absolute Gasteiger partial charge is 0.461 e. The number of hydrogen-bond donors (Lipinski definition) is 0. The van der Waals surface area contributed by atoms with Crippen molar-refractivity contribution in [1.29, 1.82) is 0 Å². The summed E-state index contributed by atoms with van der Waals surface area (Å²) in [6.07, 6.45) is 41.4. The van der Waals surface area contributed by atoms with E-state index in [1.165, 1.54) is 167 Å². The van der Waals surface area contributed by atoms with Gasteiger partial charge in [0, 0.05) is 25.9 Å². The second-order valence-corrected chi connectivity index (χ2v) is 17.1. The van der Waals surface area contributed by atoms with Crippen molar-refractivity contribution in [3.63, 3.8) is 0 Å². The molecule has 0 radical (unpaired) electrons. The van der Waals surface area contributed by atoms with Crippen molar-refractivity contribution < 1.29 is 19.1 Å². The van der Waals surface area contributed by atoms with Gasteiger partial charge in [-0.15, -0.1) is 0 Å². The van der Waals surface area contributed by atoms with Gasteiger partial charge >= 0.3 is 11.9 Å². The van der Waals surface area contributed by atoms with Crippen molar-refractivity contribution in [2.45, 2.75) is 266 Å². The standard InChI is InChI=1S/C49H98N2O4/c1-7-11-13-15-17-19-21-23-25-27-29-31-33-35-37-40-48(52)54-46(5)44-51(43-39-42-50(9-3)10-4)45-47(6)55-49(53)41-38-36-34-32-30-28-26-24-22-20-18-16-14-12-8-2/h46-47H,7-45H2,1-6H3. The van der Waals surface area contributed by atoms with Gasteiger partial charge in [-0.2, -0.15) is 0 Å². The van der Waals surface area contributed by atoms with Crippen LogP contribution in [-0.4, -0.2) is 73.2 Å². The number of hydrogen-bond acceptors (Lipinski definition) is 6. The fraction of sp³-hybridized carbons (Fsp3) is 0.959. The molecule has 0 saturated carbocycles. The first-order chi connectivity index (χ1) is 26.9. The van der Waals surface area contributed by atoms with Crippen LogP contribution >= 0.6 is 0 Å². The molecule has 0 aromatic carbocycles. The Morgan fingerprint density at radius 1 is 0.364 bits per heavy atom. The first-order valence-electron chi connectivity index (χ1n) is 24.7. The van der Waals surface area contributed by atoms with Crippen LogP contribution in [0, 0.1) is 0 Å². The summed E-state index contributed by atoms with van der Waals surface area (Å²) in [5.74, 6) is -0.151. The van der Waals surface area contributed by atoms with Crippen molar-refractivity contribution in [1.82, 2.24) is 9.80 Å². The molecule has 0 aliphatic heterocycles. The second kappa shape index (κ2) is 42.5. The van der Waals surface area contributed by atoms with Gasteiger partial charge in [0.2, 0.25) is 0 Å². The molecule has 328 valence electrons. The quantitative estimate of drug-likeness (QED) is 0.0453. The maximum atomic E-state index is 12.7. The van der Waals surface area contributed by atoms with E-state index in [4.69, 9.17) is 9.47 Å². The zero-order valence-electron chi connectivity index (χ0n) is 38.3. The minimum Gasteiger partial charge on any atom is -0.461 e. The number of ether oxygens (including phenoxy) is 2. The Balaban J connectivity index is 4.19. The summed E-state index contributed by atoms with van der Waals surface area (Å²) in [4.78, 5) is 30.1. The fourth-order valence-electron chi connectivity index (χ4n) is 7.96. The summed E-state index contributed by atoms with van der Waals surface area (Å²) >= 11 is 0. The maximum Gasteiger partial charge on any atom is 0.306 e. The Hall–Kier alpha value is -1.14. The predicted octanol–water partition coefficient (Wildman–Crippen LogP) is 14.4. The lowest BCUT2D eigenvalue weighted by molar-refractivity contribution is -0.150. The van der Waals surface area contributed by atoms with Gasteiger partial charge in [0.15, 0.2) is 0 Å². The lowest BCUT2D eigenvalue weighted by atomic mass is 10.0. The Bertz CT molecular complexity index is 748. The maximum absolute atomic E-state index is 12.7. The lowest BCUT2D eigenvalue weighted by Crippen LogP contribution is -2.40. The van der Waals surface area contributed by atoms with Crippen molar-refractivity contribution in [3.05, 3.63) is 0 Å². The number of carbonyl (C=O) groups is 2. The third-order valence-electron chi connectivity index (χ3n) is 11.5. The van der Waals surface area contributed by atoms with Crippen molar-refractivity contribution in [2.75, 3.05) is 39.3 Å². The topological polar surface area (TPSA) is 59.1 Å². The molecule has 2 unspecified atom stereocenters. The molecule has 0 saturated heterocycles. The van der Waals surface area contributed by atoms with E-state index in [0.29, 0.717) is 25.9 Å². The van der Waals surface area contributed by atoms with Crippen LogP contribution in [0.25, 0.3) is 0 Å². The third-order valence-corrected chi connectivity index (χ3v) is 11.5. The summed E-state index contributed by atoms with van der Waals surface area (Å²) in [5.41, 5.74) is 0. The molecule has 0 heterocycles. The van der Waals surface area contributed by atoms with E-state index in [0.717, 1.165) is 58.3 Å². The number of rotatable bonds is 44. The van der Waals surface area contributed by atoms with Gasteiger partial charge in [0.1, 0.15) is 12.2 Å². The molecule has 0 aliphatic carbocycles. The fourth-order valence-corrected chi connectivity index (χ4v) is 7.96. The molecule has 0 fully saturated rings. The van der Waals surface area contributed by atoms with E-state index >= 15 is 0 Å². The molecule has 0 aromatic rings. The Morgan fingerprint density at radius 2 is 0.618 bits per heavy atom. The molecule has 0 aliphatic rings. The van der Waals surface area contributed by atoms with E-state index in [2.05, 4.69) is 37.5 Å². The summed E-state index contributed by atoms with van der Waals surface area (Å²) < 4.78 is 11.7. The molecule has 0 bridgehead atoms. The first kappa shape index (κ1) is 53.9. The van der Waals surface area contributed by atoms with Crippen molar-refractivity contribution in [2.24, 2.45) is 0 Å². The smallest absolute Gasteiger partial charge is 0.306 e. The Labute approximate surface area is 344 Å². The van der Waals surface area contributed by atoms with E-state index in [1.807, 2.05) is 13.8 Å². The van der Waals surface area contributed by atoms with Gasteiger partial charge in [-0.1, -0.05) is 207 Å². The molecule has 0 N–H and O–H groups in total. The van der Waals surface area contributed by atoms with E-state index in [9.17, 15) is 9.59 Å². The molecule has 6 nitrogen and oxygen atoms in total. The summed E-state index contributed by atoms with van der Waals surface area (Å²) in [5, 5.41) is 0. The summed E-state index contributed by atoms with van der Waals surface area (Å²) in [6.45, 7) is 18.4. The van der Waals surface area contributed by atoms with Gasteiger partial charge in [0.05, 0.1) is 0 Å². The van der Waals surface area contributed by atoms with Crippen LogP contribution in [0.5, 0.6) is 0 Å². The number of nitrogens with zero attached hydrogens (tertiary/aromatic N) is 2. The lowest BCUT2D eigenvalue weighted by Gasteiger charge is -2.29. The highest BCUT2D eigenvalue weighted by atomic mass is 16.5. The van der Waals surface area contributed by atoms with Crippen LogP contribution in [-0.2, 0) is 19.1 Å². The van der Waals surface area contributed by atoms with Crippen LogP contribution in [0.4, 0.5) is 0 Å². The molecule has 0 rings (SSSR count). The normalized spacial score (nSPS) is 12.8. The number of carbonyl (C=O) groups excluding carboxylic acids is 2. The minimum atomic E-state index is -0.180. The molecule has 55 heavy (non-hydrogen) atoms. The molecular formula is C49H98N2O4. The van der Waals surface area contributed by atoms with Gasteiger partial charge in [-0.3, -0.25) is 14.5 Å². The molecule has 2 atom stereocenters. The monoisotopic (exact) mass is 779 g/mol. The van der Waals surface area contributed by atoms with Gasteiger partial charge in [0.25, 0.3) is 0 Å². The summed E-state index contributed by atoms with van der Waals surface area (Å²) in [6, 6.07) is 0. The van der Waals surface area contributed by atoms with Gasteiger partial charge < -0.3 is 14.4 Å². The number of esters is 2. The average Bonchev–Trinajstić information content (AvgIpc) is 3.16. The predicted molar refractivity (Wildman–Crippen MR) is 239 cm³/mol. The van der Waals surface area contributed by atoms with Crippen LogP contribution in [0.3, 0.4) is 0 Å². The van der Waals surface area contributed by atoms with Crippen molar-refractivity contribution >= 4 is 11.9 Å². The summed E-state index contributed by atoms with van der Waals surface area (Å²) in [7, 11) is 0. The molecular weight excluding hydrogens is 681 g/mol. The van der Waals surface area contributed by atoms with Gasteiger partial charge in [-0.05, 0) is 59.3 Å².